The average Bonchev–Trinajstić information content (AvgIpc) is 2.66. The lowest BCUT2D eigenvalue weighted by Crippen LogP contribution is -2.39. The summed E-state index contributed by atoms with van der Waals surface area (Å²) in [6, 6.07) is 19.4. The fraction of sp³-hybridized carbons (Fsp3) is 0.350. The van der Waals surface area contributed by atoms with Crippen LogP contribution in [0.5, 0.6) is 0 Å². The fourth-order valence-electron chi connectivity index (χ4n) is 2.82. The highest BCUT2D eigenvalue weighted by Gasteiger charge is 2.26. The number of rotatable bonds is 9. The Balaban J connectivity index is 2.23. The van der Waals surface area contributed by atoms with Gasteiger partial charge in [0, 0.05) is 26.1 Å². The van der Waals surface area contributed by atoms with Gasteiger partial charge in [0.15, 0.2) is 0 Å². The Morgan fingerprint density at radius 1 is 1.12 bits per heavy atom. The van der Waals surface area contributed by atoms with Crippen LogP contribution >= 0.6 is 11.6 Å². The molecule has 0 heterocycles. The third kappa shape index (κ3) is 5.85. The summed E-state index contributed by atoms with van der Waals surface area (Å²) >= 11 is 5.80. The van der Waals surface area contributed by atoms with E-state index in [1.54, 1.807) is 12.0 Å². The molecule has 1 N–H and O–H groups in total. The van der Waals surface area contributed by atoms with Crippen LogP contribution in [0.1, 0.15) is 17.0 Å². The van der Waals surface area contributed by atoms with E-state index in [0.717, 1.165) is 11.1 Å². The highest BCUT2D eigenvalue weighted by atomic mass is 35.5. The number of methoxy groups -OCH3 is 1. The van der Waals surface area contributed by atoms with Crippen LogP contribution in [0.2, 0.25) is 0 Å². The van der Waals surface area contributed by atoms with Gasteiger partial charge in [-0.15, -0.1) is 11.6 Å². The highest BCUT2D eigenvalue weighted by Crippen LogP contribution is 2.23. The molecule has 2 aromatic carbocycles. The van der Waals surface area contributed by atoms with Gasteiger partial charge in [0.1, 0.15) is 5.88 Å². The molecular weight excluding hydrogens is 338 g/mol. The van der Waals surface area contributed by atoms with Crippen LogP contribution in [0.4, 0.5) is 0 Å². The van der Waals surface area contributed by atoms with E-state index < -0.39 is 6.10 Å². The van der Waals surface area contributed by atoms with E-state index in [9.17, 15) is 9.90 Å². The summed E-state index contributed by atoms with van der Waals surface area (Å²) in [5.41, 5.74) is 1.99. The zero-order valence-corrected chi connectivity index (χ0v) is 15.1. The lowest BCUT2D eigenvalue weighted by atomic mass is 9.92. The maximum atomic E-state index is 12.3. The molecule has 134 valence electrons. The fourth-order valence-corrected chi connectivity index (χ4v) is 2.99. The lowest BCUT2D eigenvalue weighted by Gasteiger charge is -2.30. The van der Waals surface area contributed by atoms with E-state index in [-0.39, 0.29) is 24.3 Å². The molecule has 2 atom stereocenters. The molecule has 0 aromatic heterocycles. The summed E-state index contributed by atoms with van der Waals surface area (Å²) < 4.78 is 5.11. The second-order valence-corrected chi connectivity index (χ2v) is 6.20. The monoisotopic (exact) mass is 361 g/mol. The van der Waals surface area contributed by atoms with E-state index in [1.165, 1.54) is 0 Å². The van der Waals surface area contributed by atoms with Gasteiger partial charge in [-0.2, -0.15) is 0 Å². The molecule has 0 saturated carbocycles. The van der Waals surface area contributed by atoms with Crippen molar-refractivity contribution < 1.29 is 14.6 Å². The smallest absolute Gasteiger partial charge is 0.237 e. The number of halogens is 1. The van der Waals surface area contributed by atoms with E-state index in [2.05, 4.69) is 0 Å². The number of hydrogen-bond acceptors (Lipinski definition) is 3. The lowest BCUT2D eigenvalue weighted by molar-refractivity contribution is -0.129. The number of nitrogens with zero attached hydrogens (tertiary/aromatic N) is 1. The summed E-state index contributed by atoms with van der Waals surface area (Å²) in [7, 11) is 1.55. The molecule has 0 bridgehead atoms. The van der Waals surface area contributed by atoms with Crippen molar-refractivity contribution in [1.29, 1.82) is 0 Å². The number of benzene rings is 2. The van der Waals surface area contributed by atoms with Crippen molar-refractivity contribution in [3.63, 3.8) is 0 Å². The number of alkyl halides is 1. The largest absolute Gasteiger partial charge is 0.390 e. The normalized spacial score (nSPS) is 13.2. The Kier molecular flexibility index (Phi) is 7.92. The number of aliphatic hydroxyl groups is 1. The second kappa shape index (κ2) is 10.2. The Bertz CT molecular complexity index is 636. The topological polar surface area (TPSA) is 49.8 Å². The standard InChI is InChI=1S/C20H24ClNO3/c1-25-15-19(23)18(17-10-6-3-7-11-17)14-22(20(24)12-21)13-16-8-4-2-5-9-16/h2-11,18-19,23H,12-15H2,1H3/t18?,19-/m0/s1. The summed E-state index contributed by atoms with van der Waals surface area (Å²) in [6.07, 6.45) is -0.714. The molecular formula is C20H24ClNO3. The van der Waals surface area contributed by atoms with Crippen molar-refractivity contribution >= 4 is 17.5 Å². The number of carbonyl (C=O) groups excluding carboxylic acids is 1. The van der Waals surface area contributed by atoms with Gasteiger partial charge in [0.2, 0.25) is 5.91 Å². The molecule has 2 rings (SSSR count). The quantitative estimate of drug-likeness (QED) is 0.698. The van der Waals surface area contributed by atoms with E-state index in [1.807, 2.05) is 60.7 Å². The summed E-state index contributed by atoms with van der Waals surface area (Å²) in [5.74, 6) is -0.498. The maximum absolute atomic E-state index is 12.3. The first-order valence-electron chi connectivity index (χ1n) is 8.25. The minimum absolute atomic E-state index is 0.0886. The van der Waals surface area contributed by atoms with Crippen LogP contribution in [0.15, 0.2) is 60.7 Å². The number of aliphatic hydroxyl groups excluding tert-OH is 1. The summed E-state index contributed by atoms with van der Waals surface area (Å²) in [6.45, 7) is 1.03. The highest BCUT2D eigenvalue weighted by molar-refractivity contribution is 6.27. The van der Waals surface area contributed by atoms with Gasteiger partial charge in [-0.1, -0.05) is 60.7 Å². The molecule has 0 spiro atoms. The Morgan fingerprint density at radius 3 is 2.28 bits per heavy atom. The number of amides is 1. The molecule has 4 nitrogen and oxygen atoms in total. The molecule has 25 heavy (non-hydrogen) atoms. The molecule has 1 unspecified atom stereocenters. The number of hydrogen-bond donors (Lipinski definition) is 1. The van der Waals surface area contributed by atoms with Crippen molar-refractivity contribution in [3.8, 4) is 0 Å². The number of ether oxygens (including phenoxy) is 1. The molecule has 0 radical (unpaired) electrons. The van der Waals surface area contributed by atoms with Gasteiger partial charge in [0.05, 0.1) is 12.7 Å². The predicted octanol–water partition coefficient (Wildman–Crippen LogP) is 3.05. The molecule has 0 aliphatic carbocycles. The Morgan fingerprint density at radius 2 is 1.72 bits per heavy atom. The zero-order valence-electron chi connectivity index (χ0n) is 14.3. The molecule has 0 fully saturated rings. The average molecular weight is 362 g/mol. The van der Waals surface area contributed by atoms with Gasteiger partial charge in [-0.25, -0.2) is 0 Å². The molecule has 5 heteroatoms. The Hall–Kier alpha value is -1.88. The van der Waals surface area contributed by atoms with Crippen LogP contribution in [-0.4, -0.2) is 48.2 Å². The van der Waals surface area contributed by atoms with Gasteiger partial charge in [-0.3, -0.25) is 4.79 Å². The first kappa shape index (κ1) is 19.4. The van der Waals surface area contributed by atoms with Crippen molar-refractivity contribution in [2.24, 2.45) is 0 Å². The van der Waals surface area contributed by atoms with Crippen molar-refractivity contribution in [2.45, 2.75) is 18.6 Å². The molecule has 0 aliphatic heterocycles. The van der Waals surface area contributed by atoms with Crippen LogP contribution < -0.4 is 0 Å². The van der Waals surface area contributed by atoms with Gasteiger partial charge >= 0.3 is 0 Å². The SMILES string of the molecule is COC[C@H](O)C(CN(Cc1ccccc1)C(=O)CCl)c1ccccc1. The van der Waals surface area contributed by atoms with Crippen LogP contribution in [0, 0.1) is 0 Å². The van der Waals surface area contributed by atoms with Crippen LogP contribution in [0.3, 0.4) is 0 Å². The maximum Gasteiger partial charge on any atom is 0.237 e. The first-order chi connectivity index (χ1) is 12.2. The zero-order chi connectivity index (χ0) is 18.1. The van der Waals surface area contributed by atoms with Crippen molar-refractivity contribution in [1.82, 2.24) is 4.90 Å². The van der Waals surface area contributed by atoms with E-state index in [0.29, 0.717) is 13.1 Å². The molecule has 1 amide bonds. The van der Waals surface area contributed by atoms with Gasteiger partial charge in [0.25, 0.3) is 0 Å². The van der Waals surface area contributed by atoms with Crippen molar-refractivity contribution in [2.75, 3.05) is 26.1 Å². The van der Waals surface area contributed by atoms with Gasteiger partial charge in [-0.05, 0) is 11.1 Å². The first-order valence-corrected chi connectivity index (χ1v) is 8.78. The molecule has 2 aromatic rings. The predicted molar refractivity (Wildman–Crippen MR) is 99.6 cm³/mol. The third-order valence-electron chi connectivity index (χ3n) is 4.13. The second-order valence-electron chi connectivity index (χ2n) is 5.93. The minimum Gasteiger partial charge on any atom is -0.390 e. The van der Waals surface area contributed by atoms with Crippen LogP contribution in [0.25, 0.3) is 0 Å². The number of carbonyl (C=O) groups is 1. The van der Waals surface area contributed by atoms with E-state index >= 15 is 0 Å². The van der Waals surface area contributed by atoms with Crippen LogP contribution in [-0.2, 0) is 16.1 Å². The van der Waals surface area contributed by atoms with E-state index in [4.69, 9.17) is 16.3 Å². The van der Waals surface area contributed by atoms with Crippen molar-refractivity contribution in [3.05, 3.63) is 71.8 Å². The molecule has 0 saturated heterocycles. The minimum atomic E-state index is -0.714. The summed E-state index contributed by atoms with van der Waals surface area (Å²) in [5, 5.41) is 10.5. The summed E-state index contributed by atoms with van der Waals surface area (Å²) in [4.78, 5) is 14.0. The van der Waals surface area contributed by atoms with Gasteiger partial charge < -0.3 is 14.7 Å². The third-order valence-corrected chi connectivity index (χ3v) is 4.36. The molecule has 0 aliphatic rings. The Labute approximate surface area is 154 Å².